The summed E-state index contributed by atoms with van der Waals surface area (Å²) in [5.74, 6) is 2.83. The first-order valence-corrected chi connectivity index (χ1v) is 8.96. The first-order valence-electron chi connectivity index (χ1n) is 8.43. The van der Waals surface area contributed by atoms with Crippen molar-refractivity contribution in [2.45, 2.75) is 18.9 Å². The Hall–Kier alpha value is -2.64. The van der Waals surface area contributed by atoms with Gasteiger partial charge in [0.2, 0.25) is 5.88 Å². The molecule has 2 heterocycles. The van der Waals surface area contributed by atoms with E-state index in [0.29, 0.717) is 24.1 Å². The van der Waals surface area contributed by atoms with Gasteiger partial charge in [-0.1, -0.05) is 0 Å². The highest BCUT2D eigenvalue weighted by Crippen LogP contribution is 2.26. The highest BCUT2D eigenvalue weighted by Gasteiger charge is 2.16. The van der Waals surface area contributed by atoms with Gasteiger partial charge in [0, 0.05) is 18.7 Å². The van der Waals surface area contributed by atoms with Crippen LogP contribution in [0.2, 0.25) is 0 Å². The van der Waals surface area contributed by atoms with Crippen molar-refractivity contribution in [3.05, 3.63) is 48.4 Å². The maximum atomic E-state index is 6.05. The average Bonchev–Trinajstić information content (AvgIpc) is 3.13. The van der Waals surface area contributed by atoms with Gasteiger partial charge in [0.25, 0.3) is 0 Å². The van der Waals surface area contributed by atoms with Gasteiger partial charge < -0.3 is 14.2 Å². The predicted octanol–water partition coefficient (Wildman–Crippen LogP) is 3.49. The van der Waals surface area contributed by atoms with Crippen LogP contribution in [0.4, 0.5) is 0 Å². The first-order chi connectivity index (χ1) is 13.2. The summed E-state index contributed by atoms with van der Waals surface area (Å²) >= 11 is 6.05. The number of alkyl halides is 1. The second-order valence-corrected chi connectivity index (χ2v) is 6.14. The maximum Gasteiger partial charge on any atom is 0.213 e. The molecule has 1 aromatic carbocycles. The SMILES string of the molecule is COC[C@@H](C)Oc1ccc(-c2nnc(CCl)n2-c2ccc(OC)nc2)cc1. The summed E-state index contributed by atoms with van der Waals surface area (Å²) in [4.78, 5) is 4.25. The Morgan fingerprint density at radius 3 is 2.44 bits per heavy atom. The first kappa shape index (κ1) is 19.1. The second-order valence-electron chi connectivity index (χ2n) is 5.88. The number of ether oxygens (including phenoxy) is 3. The van der Waals surface area contributed by atoms with Gasteiger partial charge in [-0.25, -0.2) is 4.98 Å². The molecule has 27 heavy (non-hydrogen) atoms. The van der Waals surface area contributed by atoms with E-state index in [1.54, 1.807) is 26.5 Å². The van der Waals surface area contributed by atoms with E-state index in [-0.39, 0.29) is 12.0 Å². The van der Waals surface area contributed by atoms with Crippen molar-refractivity contribution in [2.24, 2.45) is 0 Å². The number of hydrogen-bond donors (Lipinski definition) is 0. The predicted molar refractivity (Wildman–Crippen MR) is 103 cm³/mol. The highest BCUT2D eigenvalue weighted by molar-refractivity contribution is 6.16. The number of hydrogen-bond acceptors (Lipinski definition) is 6. The molecule has 0 fully saturated rings. The molecule has 0 saturated heterocycles. The van der Waals surface area contributed by atoms with Crippen molar-refractivity contribution < 1.29 is 14.2 Å². The van der Waals surface area contributed by atoms with Crippen molar-refractivity contribution in [1.82, 2.24) is 19.7 Å². The second kappa shape index (κ2) is 8.83. The van der Waals surface area contributed by atoms with Crippen LogP contribution in [0.1, 0.15) is 12.7 Å². The summed E-state index contributed by atoms with van der Waals surface area (Å²) in [5.41, 5.74) is 1.70. The maximum absolute atomic E-state index is 6.05. The molecule has 0 spiro atoms. The van der Waals surface area contributed by atoms with Crippen LogP contribution in [0.15, 0.2) is 42.6 Å². The number of methoxy groups -OCH3 is 2. The fourth-order valence-corrected chi connectivity index (χ4v) is 2.84. The molecule has 0 aliphatic heterocycles. The minimum Gasteiger partial charge on any atom is -0.488 e. The molecule has 8 heteroatoms. The monoisotopic (exact) mass is 388 g/mol. The number of nitrogens with zero attached hydrogens (tertiary/aromatic N) is 4. The lowest BCUT2D eigenvalue weighted by molar-refractivity contribution is 0.0921. The van der Waals surface area contributed by atoms with E-state index in [0.717, 1.165) is 17.0 Å². The molecular weight excluding hydrogens is 368 g/mol. The van der Waals surface area contributed by atoms with E-state index < -0.39 is 0 Å². The van der Waals surface area contributed by atoms with Crippen LogP contribution < -0.4 is 9.47 Å². The fraction of sp³-hybridized carbons (Fsp3) is 0.316. The van der Waals surface area contributed by atoms with Crippen LogP contribution in [-0.4, -0.2) is 46.7 Å². The van der Waals surface area contributed by atoms with Gasteiger partial charge in [-0.15, -0.1) is 21.8 Å². The third-order valence-electron chi connectivity index (χ3n) is 3.89. The van der Waals surface area contributed by atoms with Crippen molar-refractivity contribution in [3.63, 3.8) is 0 Å². The fourth-order valence-electron chi connectivity index (χ4n) is 2.67. The summed E-state index contributed by atoms with van der Waals surface area (Å²) in [6.07, 6.45) is 1.67. The van der Waals surface area contributed by atoms with Crippen molar-refractivity contribution >= 4 is 11.6 Å². The van der Waals surface area contributed by atoms with E-state index in [9.17, 15) is 0 Å². The molecule has 0 bridgehead atoms. The zero-order chi connectivity index (χ0) is 19.2. The molecule has 0 aliphatic rings. The minimum absolute atomic E-state index is 0.0299. The van der Waals surface area contributed by atoms with Gasteiger partial charge in [-0.3, -0.25) is 4.57 Å². The van der Waals surface area contributed by atoms with Crippen LogP contribution in [0.3, 0.4) is 0 Å². The molecule has 1 atom stereocenters. The molecule has 0 aliphatic carbocycles. The minimum atomic E-state index is -0.0299. The molecule has 3 rings (SSSR count). The number of aromatic nitrogens is 4. The molecule has 0 unspecified atom stereocenters. The van der Waals surface area contributed by atoms with E-state index in [1.807, 2.05) is 41.8 Å². The molecule has 2 aromatic heterocycles. The zero-order valence-corrected chi connectivity index (χ0v) is 16.2. The van der Waals surface area contributed by atoms with Crippen LogP contribution in [0.5, 0.6) is 11.6 Å². The lowest BCUT2D eigenvalue weighted by Crippen LogP contribution is -2.17. The molecule has 3 aromatic rings. The summed E-state index contributed by atoms with van der Waals surface area (Å²) in [6.45, 7) is 2.48. The normalized spacial score (nSPS) is 12.0. The standard InChI is InChI=1S/C19H21ClN4O3/c1-13(12-25-2)27-16-7-4-14(5-8-16)19-23-22-17(10-20)24(19)15-6-9-18(26-3)21-11-15/h4-9,11,13H,10,12H2,1-3H3/t13-/m1/s1. The van der Waals surface area contributed by atoms with Crippen LogP contribution in [0, 0.1) is 0 Å². The topological polar surface area (TPSA) is 71.3 Å². The highest BCUT2D eigenvalue weighted by atomic mass is 35.5. The molecule has 0 N–H and O–H groups in total. The van der Waals surface area contributed by atoms with E-state index in [4.69, 9.17) is 25.8 Å². The molecule has 7 nitrogen and oxygen atoms in total. The van der Waals surface area contributed by atoms with Crippen molar-refractivity contribution in [1.29, 1.82) is 0 Å². The summed E-state index contributed by atoms with van der Waals surface area (Å²) < 4.78 is 17.9. The van der Waals surface area contributed by atoms with Gasteiger partial charge in [-0.2, -0.15) is 0 Å². The van der Waals surface area contributed by atoms with E-state index in [1.165, 1.54) is 0 Å². The van der Waals surface area contributed by atoms with Crippen molar-refractivity contribution in [3.8, 4) is 28.7 Å². The quantitative estimate of drug-likeness (QED) is 0.550. The number of benzene rings is 1. The van der Waals surface area contributed by atoms with Gasteiger partial charge >= 0.3 is 0 Å². The van der Waals surface area contributed by atoms with Crippen LogP contribution >= 0.6 is 11.6 Å². The Labute approximate surface area is 162 Å². The summed E-state index contributed by atoms with van der Waals surface area (Å²) in [7, 11) is 3.23. The number of pyridine rings is 1. The molecule has 0 saturated carbocycles. The Balaban J connectivity index is 1.91. The van der Waals surface area contributed by atoms with E-state index in [2.05, 4.69) is 15.2 Å². The van der Waals surface area contributed by atoms with Crippen LogP contribution in [-0.2, 0) is 10.6 Å². The van der Waals surface area contributed by atoms with Gasteiger partial charge in [-0.05, 0) is 37.3 Å². The van der Waals surface area contributed by atoms with Crippen molar-refractivity contribution in [2.75, 3.05) is 20.8 Å². The smallest absolute Gasteiger partial charge is 0.213 e. The molecule has 0 amide bonds. The third kappa shape index (κ3) is 4.37. The average molecular weight is 389 g/mol. The lowest BCUT2D eigenvalue weighted by Gasteiger charge is -2.14. The summed E-state index contributed by atoms with van der Waals surface area (Å²) in [5, 5.41) is 8.50. The zero-order valence-electron chi connectivity index (χ0n) is 15.4. The Morgan fingerprint density at radius 2 is 1.85 bits per heavy atom. The molecule has 0 radical (unpaired) electrons. The van der Waals surface area contributed by atoms with Gasteiger partial charge in [0.15, 0.2) is 11.6 Å². The Kier molecular flexibility index (Phi) is 6.26. The lowest BCUT2D eigenvalue weighted by atomic mass is 10.2. The van der Waals surface area contributed by atoms with Gasteiger partial charge in [0.05, 0.1) is 31.5 Å². The molecular formula is C19H21ClN4O3. The third-order valence-corrected chi connectivity index (χ3v) is 4.13. The Bertz CT molecular complexity index is 866. The van der Waals surface area contributed by atoms with E-state index >= 15 is 0 Å². The number of halogens is 1. The Morgan fingerprint density at radius 1 is 1.07 bits per heavy atom. The van der Waals surface area contributed by atoms with Gasteiger partial charge in [0.1, 0.15) is 11.9 Å². The van der Waals surface area contributed by atoms with Crippen LogP contribution in [0.25, 0.3) is 17.1 Å². The number of rotatable bonds is 8. The summed E-state index contributed by atoms with van der Waals surface area (Å²) in [6, 6.07) is 11.3. The molecule has 142 valence electrons. The largest absolute Gasteiger partial charge is 0.488 e.